The van der Waals surface area contributed by atoms with Crippen LogP contribution in [0, 0.1) is 13.8 Å². The molecule has 0 atom stereocenters. The molecule has 5 heteroatoms. The predicted molar refractivity (Wildman–Crippen MR) is 80.7 cm³/mol. The third-order valence-electron chi connectivity index (χ3n) is 3.88. The van der Waals surface area contributed by atoms with Crippen LogP contribution in [0.2, 0.25) is 0 Å². The number of aryl methyl sites for hydroxylation is 2. The third-order valence-corrected chi connectivity index (χ3v) is 3.88. The highest BCUT2D eigenvalue weighted by atomic mass is 16.1. The lowest BCUT2D eigenvalue weighted by Crippen LogP contribution is -2.44. The smallest absolute Gasteiger partial charge is 0.217 e. The van der Waals surface area contributed by atoms with Crippen LogP contribution in [0.3, 0.4) is 0 Å². The van der Waals surface area contributed by atoms with E-state index in [0.29, 0.717) is 12.6 Å². The van der Waals surface area contributed by atoms with E-state index in [-0.39, 0.29) is 5.91 Å². The van der Waals surface area contributed by atoms with E-state index < -0.39 is 0 Å². The number of piperidine rings is 1. The number of rotatable bonds is 3. The largest absolute Gasteiger partial charge is 0.371 e. The van der Waals surface area contributed by atoms with Crippen molar-refractivity contribution in [3.05, 3.63) is 23.0 Å². The number of nitrogens with zero attached hydrogens (tertiary/aromatic N) is 2. The minimum atomic E-state index is 0.0571. The number of carbonyl (C=O) groups excluding carboxylic acids is 1. The van der Waals surface area contributed by atoms with Gasteiger partial charge < -0.3 is 16.0 Å². The van der Waals surface area contributed by atoms with Crippen LogP contribution in [0.5, 0.6) is 0 Å². The molecule has 3 N–H and O–H groups in total. The van der Waals surface area contributed by atoms with Crippen LogP contribution in [0.4, 0.5) is 5.69 Å². The van der Waals surface area contributed by atoms with E-state index in [2.05, 4.69) is 21.3 Å². The Labute approximate surface area is 120 Å². The third kappa shape index (κ3) is 3.28. The van der Waals surface area contributed by atoms with Crippen molar-refractivity contribution in [2.24, 2.45) is 5.73 Å². The summed E-state index contributed by atoms with van der Waals surface area (Å²) in [6.07, 6.45) is 1.95. The normalized spacial score (nSPS) is 16.3. The summed E-state index contributed by atoms with van der Waals surface area (Å²) in [5, 5.41) is 3.00. The fourth-order valence-electron chi connectivity index (χ4n) is 2.92. The van der Waals surface area contributed by atoms with Crippen molar-refractivity contribution >= 4 is 11.6 Å². The van der Waals surface area contributed by atoms with Crippen LogP contribution in [0.15, 0.2) is 6.07 Å². The van der Waals surface area contributed by atoms with Gasteiger partial charge in [0.25, 0.3) is 0 Å². The lowest BCUT2D eigenvalue weighted by Gasteiger charge is -2.35. The summed E-state index contributed by atoms with van der Waals surface area (Å²) in [6.45, 7) is 8.01. The Bertz CT molecular complexity index is 493. The van der Waals surface area contributed by atoms with Crippen LogP contribution < -0.4 is 16.0 Å². The number of aromatic nitrogens is 1. The molecular formula is C15H24N4O. The standard InChI is InChI=1S/C15H24N4O/c1-10-8-15(14(9-16)11(2)17-10)19-6-4-13(5-7-19)18-12(3)20/h8,13H,4-7,9,16H2,1-3H3,(H,18,20). The summed E-state index contributed by atoms with van der Waals surface area (Å²) >= 11 is 0. The second-order valence-electron chi connectivity index (χ2n) is 5.51. The van der Waals surface area contributed by atoms with Gasteiger partial charge in [-0.1, -0.05) is 0 Å². The van der Waals surface area contributed by atoms with E-state index in [9.17, 15) is 4.79 Å². The quantitative estimate of drug-likeness (QED) is 0.872. The fraction of sp³-hybridized carbons (Fsp3) is 0.600. The number of pyridine rings is 1. The van der Waals surface area contributed by atoms with E-state index in [0.717, 1.165) is 42.9 Å². The second-order valence-corrected chi connectivity index (χ2v) is 5.51. The molecule has 0 radical (unpaired) electrons. The van der Waals surface area contributed by atoms with Crippen molar-refractivity contribution in [2.75, 3.05) is 18.0 Å². The first-order valence-electron chi connectivity index (χ1n) is 7.20. The zero-order valence-electron chi connectivity index (χ0n) is 12.6. The Balaban J connectivity index is 2.12. The number of nitrogens with one attached hydrogen (secondary N) is 1. The Hall–Kier alpha value is -1.62. The minimum Gasteiger partial charge on any atom is -0.371 e. The summed E-state index contributed by atoms with van der Waals surface area (Å²) in [6, 6.07) is 2.42. The maximum Gasteiger partial charge on any atom is 0.217 e. The summed E-state index contributed by atoms with van der Waals surface area (Å²) < 4.78 is 0. The summed E-state index contributed by atoms with van der Waals surface area (Å²) in [5.41, 5.74) is 10.3. The maximum absolute atomic E-state index is 11.1. The highest BCUT2D eigenvalue weighted by molar-refractivity contribution is 5.73. The Morgan fingerprint density at radius 1 is 1.45 bits per heavy atom. The molecule has 0 aliphatic carbocycles. The Morgan fingerprint density at radius 2 is 2.10 bits per heavy atom. The van der Waals surface area contributed by atoms with Crippen molar-refractivity contribution in [1.29, 1.82) is 0 Å². The number of hydrogen-bond donors (Lipinski definition) is 2. The summed E-state index contributed by atoms with van der Waals surface area (Å²) in [5.74, 6) is 0.0571. The van der Waals surface area contributed by atoms with Crippen LogP contribution in [0.25, 0.3) is 0 Å². The molecule has 1 aromatic heterocycles. The van der Waals surface area contributed by atoms with Crippen molar-refractivity contribution in [2.45, 2.75) is 46.2 Å². The van der Waals surface area contributed by atoms with Gasteiger partial charge in [0.15, 0.2) is 0 Å². The van der Waals surface area contributed by atoms with Gasteiger partial charge in [-0.05, 0) is 32.8 Å². The highest BCUT2D eigenvalue weighted by Crippen LogP contribution is 2.26. The summed E-state index contributed by atoms with van der Waals surface area (Å²) in [7, 11) is 0. The van der Waals surface area contributed by atoms with Gasteiger partial charge in [0.05, 0.1) is 0 Å². The van der Waals surface area contributed by atoms with E-state index >= 15 is 0 Å². The molecule has 110 valence electrons. The lowest BCUT2D eigenvalue weighted by molar-refractivity contribution is -0.119. The highest BCUT2D eigenvalue weighted by Gasteiger charge is 2.22. The first-order chi connectivity index (χ1) is 9.51. The van der Waals surface area contributed by atoms with Gasteiger partial charge in [-0.15, -0.1) is 0 Å². The molecule has 0 bridgehead atoms. The first kappa shape index (κ1) is 14.8. The zero-order chi connectivity index (χ0) is 14.7. The van der Waals surface area contributed by atoms with E-state index in [1.165, 1.54) is 5.69 Å². The maximum atomic E-state index is 11.1. The fourth-order valence-corrected chi connectivity index (χ4v) is 2.92. The zero-order valence-corrected chi connectivity index (χ0v) is 12.6. The molecule has 2 rings (SSSR count). The number of amides is 1. The molecule has 5 nitrogen and oxygen atoms in total. The van der Waals surface area contributed by atoms with Gasteiger partial charge in [-0.25, -0.2) is 0 Å². The van der Waals surface area contributed by atoms with E-state index in [1.54, 1.807) is 6.92 Å². The molecule has 1 aliphatic rings. The molecule has 20 heavy (non-hydrogen) atoms. The van der Waals surface area contributed by atoms with Crippen LogP contribution in [0.1, 0.15) is 36.7 Å². The second kappa shape index (κ2) is 6.22. The average molecular weight is 276 g/mol. The summed E-state index contributed by atoms with van der Waals surface area (Å²) in [4.78, 5) is 18.0. The van der Waals surface area contributed by atoms with Crippen molar-refractivity contribution in [3.63, 3.8) is 0 Å². The van der Waals surface area contributed by atoms with Crippen molar-refractivity contribution in [3.8, 4) is 0 Å². The van der Waals surface area contributed by atoms with Gasteiger partial charge in [0, 0.05) is 55.2 Å². The molecule has 1 fully saturated rings. The molecule has 2 heterocycles. The molecule has 0 saturated carbocycles. The SMILES string of the molecule is CC(=O)NC1CCN(c2cc(C)nc(C)c2CN)CC1. The first-order valence-corrected chi connectivity index (χ1v) is 7.20. The number of anilines is 1. The van der Waals surface area contributed by atoms with Crippen LogP contribution >= 0.6 is 0 Å². The molecule has 0 spiro atoms. The lowest BCUT2D eigenvalue weighted by atomic mass is 10.0. The van der Waals surface area contributed by atoms with E-state index in [4.69, 9.17) is 5.73 Å². The van der Waals surface area contributed by atoms with Crippen LogP contribution in [-0.2, 0) is 11.3 Å². The monoisotopic (exact) mass is 276 g/mol. The van der Waals surface area contributed by atoms with Crippen molar-refractivity contribution in [1.82, 2.24) is 10.3 Å². The molecule has 1 amide bonds. The Morgan fingerprint density at radius 3 is 2.65 bits per heavy atom. The molecular weight excluding hydrogens is 252 g/mol. The number of hydrogen-bond acceptors (Lipinski definition) is 4. The minimum absolute atomic E-state index is 0.0571. The Kier molecular flexibility index (Phi) is 4.60. The molecule has 1 aliphatic heterocycles. The molecule has 1 aromatic rings. The van der Waals surface area contributed by atoms with Gasteiger partial charge in [0.1, 0.15) is 0 Å². The number of nitrogens with two attached hydrogens (primary N) is 1. The van der Waals surface area contributed by atoms with Crippen LogP contribution in [-0.4, -0.2) is 30.0 Å². The molecule has 0 aromatic carbocycles. The average Bonchev–Trinajstić information content (AvgIpc) is 2.38. The van der Waals surface area contributed by atoms with Gasteiger partial charge in [-0.2, -0.15) is 0 Å². The van der Waals surface area contributed by atoms with E-state index in [1.807, 2.05) is 13.8 Å². The van der Waals surface area contributed by atoms with Gasteiger partial charge >= 0.3 is 0 Å². The number of carbonyl (C=O) groups is 1. The topological polar surface area (TPSA) is 71.2 Å². The van der Waals surface area contributed by atoms with Crippen molar-refractivity contribution < 1.29 is 4.79 Å². The molecule has 0 unspecified atom stereocenters. The predicted octanol–water partition coefficient (Wildman–Crippen LogP) is 1.26. The van der Waals surface area contributed by atoms with Gasteiger partial charge in [0.2, 0.25) is 5.91 Å². The van der Waals surface area contributed by atoms with Gasteiger partial charge in [-0.3, -0.25) is 9.78 Å². The molecule has 1 saturated heterocycles.